The molecule has 1 aromatic heterocycles. The first-order valence-corrected chi connectivity index (χ1v) is 8.48. The van der Waals surface area contributed by atoms with Gasteiger partial charge in [0.25, 0.3) is 11.3 Å². The molecule has 0 bridgehead atoms. The van der Waals surface area contributed by atoms with Gasteiger partial charge in [0.1, 0.15) is 17.2 Å². The van der Waals surface area contributed by atoms with Crippen molar-refractivity contribution >= 4 is 40.8 Å². The highest BCUT2D eigenvalue weighted by Gasteiger charge is 2.20. The van der Waals surface area contributed by atoms with E-state index in [-0.39, 0.29) is 17.6 Å². The number of halogens is 2. The normalized spacial score (nSPS) is 11.7. The highest BCUT2D eigenvalue weighted by atomic mass is 32.2. The number of oxazole rings is 1. The topological polar surface area (TPSA) is 116 Å². The summed E-state index contributed by atoms with van der Waals surface area (Å²) in [6.45, 7) is 0. The van der Waals surface area contributed by atoms with Crippen LogP contribution < -0.4 is 15.4 Å². The van der Waals surface area contributed by atoms with E-state index < -0.39 is 28.5 Å². The van der Waals surface area contributed by atoms with Gasteiger partial charge in [-0.2, -0.15) is 4.98 Å². The summed E-state index contributed by atoms with van der Waals surface area (Å²) in [5, 5.41) is 5.09. The van der Waals surface area contributed by atoms with E-state index in [1.54, 1.807) is 12.1 Å². The molecule has 0 aliphatic heterocycles. The van der Waals surface area contributed by atoms with Gasteiger partial charge in [-0.25, -0.2) is 13.0 Å². The molecule has 0 spiro atoms. The number of hydrogen-bond acceptors (Lipinski definition) is 5. The van der Waals surface area contributed by atoms with E-state index in [2.05, 4.69) is 20.3 Å². The average Bonchev–Trinajstić information content (AvgIpc) is 2.98. The Balaban J connectivity index is 1.92. The Kier molecular flexibility index (Phi) is 5.43. The molecule has 140 valence electrons. The third kappa shape index (κ3) is 4.27. The van der Waals surface area contributed by atoms with Gasteiger partial charge in [-0.15, -0.1) is 0 Å². The molecule has 1 heterocycles. The molecule has 11 heteroatoms. The van der Waals surface area contributed by atoms with Crippen LogP contribution in [0.4, 0.5) is 31.9 Å². The molecule has 8 nitrogen and oxygen atoms in total. The van der Waals surface area contributed by atoms with Crippen molar-refractivity contribution in [1.82, 2.24) is 4.98 Å². The molecule has 3 rings (SSSR count). The van der Waals surface area contributed by atoms with E-state index >= 15 is 0 Å². The molecule has 1 amide bonds. The van der Waals surface area contributed by atoms with E-state index in [1.807, 2.05) is 0 Å². The minimum absolute atomic E-state index is 0.0498. The maximum absolute atomic E-state index is 13.9. The number of carbonyl (C=O) groups is 1. The van der Waals surface area contributed by atoms with Crippen molar-refractivity contribution in [2.24, 2.45) is 0 Å². The number of carbonyl (C=O) groups excluding carboxylic acids is 1. The van der Waals surface area contributed by atoms with Crippen LogP contribution in [0, 0.1) is 11.6 Å². The van der Waals surface area contributed by atoms with Crippen molar-refractivity contribution in [2.45, 2.75) is 0 Å². The molecule has 1 atom stereocenters. The molecule has 27 heavy (non-hydrogen) atoms. The second kappa shape index (κ2) is 7.93. The van der Waals surface area contributed by atoms with E-state index in [0.717, 1.165) is 12.1 Å². The number of nitrogens with zero attached hydrogens (tertiary/aromatic N) is 1. The van der Waals surface area contributed by atoms with Gasteiger partial charge in [0, 0.05) is 11.4 Å². The maximum Gasteiger partial charge on any atom is 0.259 e. The van der Waals surface area contributed by atoms with Gasteiger partial charge in [0.05, 0.1) is 0 Å². The lowest BCUT2D eigenvalue weighted by Crippen LogP contribution is -2.02. The number of rotatable bonds is 7. The minimum atomic E-state index is -2.21. The molecule has 0 saturated carbocycles. The summed E-state index contributed by atoms with van der Waals surface area (Å²) >= 11 is -2.21. The number of benzene rings is 2. The first-order valence-electron chi connectivity index (χ1n) is 7.38. The summed E-state index contributed by atoms with van der Waals surface area (Å²) in [6.07, 6.45) is 0.341. The third-order valence-corrected chi connectivity index (χ3v) is 3.76. The Morgan fingerprint density at radius 3 is 2.30 bits per heavy atom. The fourth-order valence-electron chi connectivity index (χ4n) is 2.22. The Labute approximate surface area is 154 Å². The van der Waals surface area contributed by atoms with Crippen molar-refractivity contribution < 1.29 is 26.8 Å². The quantitative estimate of drug-likeness (QED) is 0.360. The molecule has 0 aliphatic carbocycles. The Hall–Kier alpha value is -3.31. The zero-order valence-electron chi connectivity index (χ0n) is 13.4. The lowest BCUT2D eigenvalue weighted by molar-refractivity contribution is -0.105. The zero-order chi connectivity index (χ0) is 19.4. The fraction of sp³-hybridized carbons (Fsp3) is 0. The van der Waals surface area contributed by atoms with Crippen LogP contribution >= 0.6 is 0 Å². The number of hydrogen-bond donors (Lipinski definition) is 4. The summed E-state index contributed by atoms with van der Waals surface area (Å²) in [5.41, 5.74) is 0.388. The first kappa shape index (κ1) is 18.5. The highest BCUT2D eigenvalue weighted by Crippen LogP contribution is 2.33. The predicted molar refractivity (Wildman–Crippen MR) is 95.7 cm³/mol. The number of anilines is 4. The molecule has 2 aromatic carbocycles. The maximum atomic E-state index is 13.9. The Bertz CT molecular complexity index is 974. The zero-order valence-corrected chi connectivity index (χ0v) is 14.2. The van der Waals surface area contributed by atoms with Crippen LogP contribution in [-0.4, -0.2) is 20.2 Å². The molecule has 0 radical (unpaired) electrons. The summed E-state index contributed by atoms with van der Waals surface area (Å²) in [5.74, 6) is -2.21. The van der Waals surface area contributed by atoms with Crippen molar-refractivity contribution in [2.75, 3.05) is 15.4 Å². The van der Waals surface area contributed by atoms with Crippen molar-refractivity contribution in [1.29, 1.82) is 0 Å². The first-order chi connectivity index (χ1) is 13.0. The number of amides is 1. The standard InChI is InChI=1S/C16H12F2N4O4S/c17-11-2-1-3-12(18)13(11)15-21-14(19-8-23)16(26-15)20-9-4-6-10(7-5-9)22-27(24)25/h1-8,20,22H,(H,19,23)(H,24,25). The van der Waals surface area contributed by atoms with Gasteiger partial charge in [-0.3, -0.25) is 14.1 Å². The molecule has 0 fully saturated rings. The van der Waals surface area contributed by atoms with Crippen molar-refractivity contribution in [3.8, 4) is 11.5 Å². The van der Waals surface area contributed by atoms with Crippen molar-refractivity contribution in [3.05, 3.63) is 54.1 Å². The summed E-state index contributed by atoms with van der Waals surface area (Å²) in [7, 11) is 0. The second-order valence-corrected chi connectivity index (χ2v) is 5.81. The number of aromatic nitrogens is 1. The SMILES string of the molecule is O=CNc1nc(-c2c(F)cccc2F)oc1Nc1ccc(NS(=O)O)cc1. The molecule has 0 saturated heterocycles. The molecule has 3 aromatic rings. The smallest absolute Gasteiger partial charge is 0.259 e. The Morgan fingerprint density at radius 2 is 1.70 bits per heavy atom. The van der Waals surface area contributed by atoms with Crippen LogP contribution in [0.5, 0.6) is 0 Å². The van der Waals surface area contributed by atoms with Crippen LogP contribution in [0.2, 0.25) is 0 Å². The Morgan fingerprint density at radius 1 is 1.07 bits per heavy atom. The summed E-state index contributed by atoms with van der Waals surface area (Å²) in [4.78, 5) is 14.7. The van der Waals surface area contributed by atoms with Gasteiger partial charge in [-0.05, 0) is 36.4 Å². The molecule has 1 unspecified atom stereocenters. The molecule has 0 aliphatic rings. The van der Waals surface area contributed by atoms with Gasteiger partial charge in [-0.1, -0.05) is 6.07 Å². The lowest BCUT2D eigenvalue weighted by atomic mass is 10.2. The monoisotopic (exact) mass is 394 g/mol. The second-order valence-electron chi connectivity index (χ2n) is 5.11. The van der Waals surface area contributed by atoms with Gasteiger partial charge in [0.2, 0.25) is 18.2 Å². The third-order valence-electron chi connectivity index (χ3n) is 3.35. The van der Waals surface area contributed by atoms with E-state index in [4.69, 9.17) is 8.97 Å². The van der Waals surface area contributed by atoms with Crippen molar-refractivity contribution in [3.63, 3.8) is 0 Å². The minimum Gasteiger partial charge on any atom is -0.418 e. The van der Waals surface area contributed by atoms with Crippen LogP contribution in [0.3, 0.4) is 0 Å². The predicted octanol–water partition coefficient (Wildman–Crippen LogP) is 3.48. The molecule has 4 N–H and O–H groups in total. The van der Waals surface area contributed by atoms with Gasteiger partial charge < -0.3 is 15.1 Å². The average molecular weight is 394 g/mol. The van der Waals surface area contributed by atoms with Crippen LogP contribution in [0.1, 0.15) is 0 Å². The highest BCUT2D eigenvalue weighted by molar-refractivity contribution is 7.80. The van der Waals surface area contributed by atoms with Crippen LogP contribution in [0.25, 0.3) is 11.5 Å². The van der Waals surface area contributed by atoms with E-state index in [1.165, 1.54) is 18.2 Å². The fourth-order valence-corrected chi connectivity index (χ4v) is 2.56. The van der Waals surface area contributed by atoms with E-state index in [9.17, 15) is 17.8 Å². The summed E-state index contributed by atoms with van der Waals surface area (Å²) in [6, 6.07) is 9.43. The van der Waals surface area contributed by atoms with Gasteiger partial charge in [0.15, 0.2) is 5.82 Å². The van der Waals surface area contributed by atoms with Crippen LogP contribution in [-0.2, 0) is 16.1 Å². The van der Waals surface area contributed by atoms with Gasteiger partial charge >= 0.3 is 0 Å². The van der Waals surface area contributed by atoms with E-state index in [0.29, 0.717) is 17.8 Å². The largest absolute Gasteiger partial charge is 0.418 e. The number of nitrogens with one attached hydrogen (secondary N) is 3. The summed E-state index contributed by atoms with van der Waals surface area (Å²) < 4.78 is 55.0. The molecular weight excluding hydrogens is 382 g/mol. The lowest BCUT2D eigenvalue weighted by Gasteiger charge is -2.06. The van der Waals surface area contributed by atoms with Crippen LogP contribution in [0.15, 0.2) is 46.9 Å². The molecular formula is C16H12F2N4O4S.